The molecular weight excluding hydrogens is 236 g/mol. The van der Waals surface area contributed by atoms with Crippen LogP contribution in [0.2, 0.25) is 0 Å². The van der Waals surface area contributed by atoms with Gasteiger partial charge in [-0.1, -0.05) is 13.0 Å². The Morgan fingerprint density at radius 1 is 1.26 bits per heavy atom. The van der Waals surface area contributed by atoms with Gasteiger partial charge in [0.05, 0.1) is 12.1 Å². The van der Waals surface area contributed by atoms with E-state index in [0.29, 0.717) is 6.42 Å². The molecule has 0 aromatic carbocycles. The van der Waals surface area contributed by atoms with E-state index in [2.05, 4.69) is 17.2 Å². The van der Waals surface area contributed by atoms with Crippen molar-refractivity contribution in [1.82, 2.24) is 20.3 Å². The summed E-state index contributed by atoms with van der Waals surface area (Å²) in [7, 11) is 0. The van der Waals surface area contributed by atoms with Crippen LogP contribution in [0.3, 0.4) is 0 Å². The molecule has 0 spiro atoms. The Balaban J connectivity index is 1.94. The summed E-state index contributed by atoms with van der Waals surface area (Å²) in [4.78, 5) is 13.8. The fourth-order valence-corrected chi connectivity index (χ4v) is 2.53. The summed E-state index contributed by atoms with van der Waals surface area (Å²) >= 11 is 0. The number of fused-ring (bicyclic) bond motifs is 1. The molecule has 2 aromatic rings. The molecule has 4 nitrogen and oxygen atoms in total. The van der Waals surface area contributed by atoms with Gasteiger partial charge in [0.1, 0.15) is 5.82 Å². The third-order valence-corrected chi connectivity index (χ3v) is 3.47. The lowest BCUT2D eigenvalue weighted by molar-refractivity contribution is 0.609. The molecule has 0 unspecified atom stereocenters. The van der Waals surface area contributed by atoms with Crippen molar-refractivity contribution in [2.24, 2.45) is 0 Å². The van der Waals surface area contributed by atoms with E-state index >= 15 is 0 Å². The highest BCUT2D eigenvalue weighted by molar-refractivity contribution is 5.29. The second-order valence-corrected chi connectivity index (χ2v) is 4.79. The predicted molar refractivity (Wildman–Crippen MR) is 73.9 cm³/mol. The second-order valence-electron chi connectivity index (χ2n) is 4.79. The largest absolute Gasteiger partial charge is 0.311 e. The van der Waals surface area contributed by atoms with Crippen molar-refractivity contribution >= 4 is 0 Å². The summed E-state index contributed by atoms with van der Waals surface area (Å²) in [6, 6.07) is 5.95. The van der Waals surface area contributed by atoms with Gasteiger partial charge in [-0.3, -0.25) is 4.98 Å². The quantitative estimate of drug-likeness (QED) is 0.905. The number of nitrogens with zero attached hydrogens (tertiary/aromatic N) is 3. The summed E-state index contributed by atoms with van der Waals surface area (Å²) < 4.78 is 0. The summed E-state index contributed by atoms with van der Waals surface area (Å²) in [5.41, 5.74) is 4.75. The molecule has 19 heavy (non-hydrogen) atoms. The first-order valence-corrected chi connectivity index (χ1v) is 6.85. The van der Waals surface area contributed by atoms with Crippen LogP contribution in [0, 0.1) is 0 Å². The summed E-state index contributed by atoms with van der Waals surface area (Å²) in [6.07, 6.45) is 4.54. The van der Waals surface area contributed by atoms with Gasteiger partial charge in [0.25, 0.3) is 0 Å². The lowest BCUT2D eigenvalue weighted by Gasteiger charge is -2.19. The zero-order valence-corrected chi connectivity index (χ0v) is 11.2. The Bertz CT molecular complexity index is 549. The van der Waals surface area contributed by atoms with Gasteiger partial charge in [-0.15, -0.1) is 0 Å². The van der Waals surface area contributed by atoms with Crippen LogP contribution in [0.4, 0.5) is 0 Å². The van der Waals surface area contributed by atoms with Crippen LogP contribution < -0.4 is 5.32 Å². The SMILES string of the molecule is CCc1nc(Cc2ccccn2)nc2c1CCNC2. The number of rotatable bonds is 3. The van der Waals surface area contributed by atoms with Crippen LogP contribution in [0.1, 0.15) is 35.4 Å². The van der Waals surface area contributed by atoms with Gasteiger partial charge >= 0.3 is 0 Å². The van der Waals surface area contributed by atoms with Gasteiger partial charge in [0.15, 0.2) is 0 Å². The molecule has 1 aliphatic heterocycles. The zero-order valence-electron chi connectivity index (χ0n) is 11.2. The Labute approximate surface area is 113 Å². The molecule has 0 bridgehead atoms. The lowest BCUT2D eigenvalue weighted by atomic mass is 10.0. The van der Waals surface area contributed by atoms with E-state index in [1.165, 1.54) is 17.0 Å². The minimum Gasteiger partial charge on any atom is -0.311 e. The molecule has 1 N–H and O–H groups in total. The van der Waals surface area contributed by atoms with Gasteiger partial charge in [-0.05, 0) is 37.1 Å². The summed E-state index contributed by atoms with van der Waals surface area (Å²) in [5.74, 6) is 0.887. The minimum absolute atomic E-state index is 0.709. The lowest BCUT2D eigenvalue weighted by Crippen LogP contribution is -2.27. The van der Waals surface area contributed by atoms with Crippen LogP contribution in [-0.4, -0.2) is 21.5 Å². The molecule has 3 heterocycles. The number of aromatic nitrogens is 3. The molecule has 0 fully saturated rings. The van der Waals surface area contributed by atoms with Gasteiger partial charge in [-0.2, -0.15) is 0 Å². The Morgan fingerprint density at radius 2 is 2.21 bits per heavy atom. The molecule has 0 saturated heterocycles. The smallest absolute Gasteiger partial charge is 0.134 e. The molecule has 0 saturated carbocycles. The number of nitrogens with one attached hydrogen (secondary N) is 1. The molecular formula is C15H18N4. The highest BCUT2D eigenvalue weighted by atomic mass is 15.0. The van der Waals surface area contributed by atoms with Gasteiger partial charge in [0, 0.05) is 24.1 Å². The zero-order chi connectivity index (χ0) is 13.1. The van der Waals surface area contributed by atoms with Gasteiger partial charge in [0.2, 0.25) is 0 Å². The molecule has 0 amide bonds. The molecule has 0 atom stereocenters. The van der Waals surface area contributed by atoms with E-state index in [-0.39, 0.29) is 0 Å². The van der Waals surface area contributed by atoms with E-state index < -0.39 is 0 Å². The molecule has 3 rings (SSSR count). The molecule has 1 aliphatic rings. The fourth-order valence-electron chi connectivity index (χ4n) is 2.53. The van der Waals surface area contributed by atoms with E-state index in [1.807, 2.05) is 24.4 Å². The van der Waals surface area contributed by atoms with Crippen molar-refractivity contribution in [1.29, 1.82) is 0 Å². The van der Waals surface area contributed by atoms with Crippen LogP contribution in [0.25, 0.3) is 0 Å². The first kappa shape index (κ1) is 12.2. The maximum absolute atomic E-state index is 4.72. The average molecular weight is 254 g/mol. The third-order valence-electron chi connectivity index (χ3n) is 3.47. The fraction of sp³-hybridized carbons (Fsp3) is 0.400. The minimum atomic E-state index is 0.709. The van der Waals surface area contributed by atoms with E-state index in [4.69, 9.17) is 9.97 Å². The van der Waals surface area contributed by atoms with Crippen LogP contribution in [0.5, 0.6) is 0 Å². The van der Waals surface area contributed by atoms with Crippen LogP contribution in [0.15, 0.2) is 24.4 Å². The monoisotopic (exact) mass is 254 g/mol. The number of hydrogen-bond acceptors (Lipinski definition) is 4. The third kappa shape index (κ3) is 2.63. The van der Waals surface area contributed by atoms with Crippen molar-refractivity contribution < 1.29 is 0 Å². The van der Waals surface area contributed by atoms with E-state index in [0.717, 1.165) is 37.4 Å². The summed E-state index contributed by atoms with van der Waals surface area (Å²) in [6.45, 7) is 4.05. The first-order chi connectivity index (χ1) is 9.36. The van der Waals surface area contributed by atoms with Crippen molar-refractivity contribution in [2.75, 3.05) is 6.54 Å². The van der Waals surface area contributed by atoms with E-state index in [1.54, 1.807) is 0 Å². The van der Waals surface area contributed by atoms with Crippen LogP contribution >= 0.6 is 0 Å². The van der Waals surface area contributed by atoms with Gasteiger partial charge in [-0.25, -0.2) is 9.97 Å². The van der Waals surface area contributed by atoms with Crippen molar-refractivity contribution in [3.63, 3.8) is 0 Å². The topological polar surface area (TPSA) is 50.7 Å². The second kappa shape index (κ2) is 5.45. The molecule has 4 heteroatoms. The number of hydrogen-bond donors (Lipinski definition) is 1. The Morgan fingerprint density at radius 3 is 3.00 bits per heavy atom. The first-order valence-electron chi connectivity index (χ1n) is 6.85. The molecule has 2 aromatic heterocycles. The molecule has 98 valence electrons. The van der Waals surface area contributed by atoms with Crippen molar-refractivity contribution in [3.8, 4) is 0 Å². The standard InChI is InChI=1S/C15H18N4/c1-2-13-12-6-8-16-10-14(12)19-15(18-13)9-11-5-3-4-7-17-11/h3-5,7,16H,2,6,8-10H2,1H3. The Kier molecular flexibility index (Phi) is 3.51. The van der Waals surface area contributed by atoms with Crippen molar-refractivity contribution in [3.05, 3.63) is 52.9 Å². The number of aryl methyl sites for hydroxylation is 1. The van der Waals surface area contributed by atoms with Crippen molar-refractivity contribution in [2.45, 2.75) is 32.7 Å². The normalized spacial score (nSPS) is 14.2. The molecule has 0 radical (unpaired) electrons. The summed E-state index contributed by atoms with van der Waals surface area (Å²) in [5, 5.41) is 3.38. The highest BCUT2D eigenvalue weighted by Gasteiger charge is 2.16. The predicted octanol–water partition coefficient (Wildman–Crippen LogP) is 1.67. The van der Waals surface area contributed by atoms with E-state index in [9.17, 15) is 0 Å². The molecule has 0 aliphatic carbocycles. The average Bonchev–Trinajstić information content (AvgIpc) is 2.47. The highest BCUT2D eigenvalue weighted by Crippen LogP contribution is 2.17. The maximum Gasteiger partial charge on any atom is 0.134 e. The van der Waals surface area contributed by atoms with Crippen LogP contribution in [-0.2, 0) is 25.8 Å². The Hall–Kier alpha value is -1.81. The maximum atomic E-state index is 4.72. The van der Waals surface area contributed by atoms with Gasteiger partial charge < -0.3 is 5.32 Å². The number of pyridine rings is 1.